The quantitative estimate of drug-likeness (QED) is 0.670. The van der Waals surface area contributed by atoms with Crippen molar-refractivity contribution in [3.05, 3.63) is 0 Å². The van der Waals surface area contributed by atoms with Gasteiger partial charge in [0.15, 0.2) is 5.54 Å². The minimum absolute atomic E-state index is 0.575. The smallest absolute Gasteiger partial charge is 0.365 e. The Morgan fingerprint density at radius 1 is 1.21 bits per heavy atom. The Bertz CT molecular complexity index is 195. The lowest BCUT2D eigenvalue weighted by Gasteiger charge is -2.45. The van der Waals surface area contributed by atoms with Crippen molar-refractivity contribution < 1.29 is 14.4 Å². The van der Waals surface area contributed by atoms with Crippen molar-refractivity contribution in [3.63, 3.8) is 0 Å². The predicted molar refractivity (Wildman–Crippen MR) is 58.2 cm³/mol. The SMILES string of the molecule is CCC[N+](C)(C)C(CC)(CC)C(=O)O. The van der Waals surface area contributed by atoms with Crippen molar-refractivity contribution >= 4 is 5.97 Å². The molecule has 0 heterocycles. The van der Waals surface area contributed by atoms with Gasteiger partial charge in [0.05, 0.1) is 20.6 Å². The number of rotatable bonds is 6. The summed E-state index contributed by atoms with van der Waals surface area (Å²) in [6.07, 6.45) is 2.39. The van der Waals surface area contributed by atoms with Crippen molar-refractivity contribution in [1.82, 2.24) is 0 Å². The van der Waals surface area contributed by atoms with E-state index in [2.05, 4.69) is 6.92 Å². The number of carbonyl (C=O) groups is 1. The number of carboxylic acid groups (broad SMARTS) is 1. The highest BCUT2D eigenvalue weighted by Crippen LogP contribution is 2.29. The predicted octanol–water partition coefficient (Wildman–Crippen LogP) is 2.12. The van der Waals surface area contributed by atoms with E-state index < -0.39 is 11.5 Å². The standard InChI is InChI=1S/C11H23NO2/c1-6-9-12(4,5)11(7-2,8-3)10(13)14/h6-9H2,1-5H3/p+1. The molecule has 0 fully saturated rings. The molecule has 0 atom stereocenters. The van der Waals surface area contributed by atoms with Crippen molar-refractivity contribution in [1.29, 1.82) is 0 Å². The summed E-state index contributed by atoms with van der Waals surface area (Å²) >= 11 is 0. The molecule has 84 valence electrons. The number of quaternary nitrogens is 1. The minimum atomic E-state index is -0.666. The lowest BCUT2D eigenvalue weighted by Crippen LogP contribution is -2.63. The van der Waals surface area contributed by atoms with Gasteiger partial charge in [0.2, 0.25) is 0 Å². The summed E-state index contributed by atoms with van der Waals surface area (Å²) in [5, 5.41) is 9.37. The van der Waals surface area contributed by atoms with Gasteiger partial charge in [-0.3, -0.25) is 0 Å². The molecule has 0 radical (unpaired) electrons. The molecule has 0 bridgehead atoms. The molecule has 0 aromatic heterocycles. The molecular formula is C11H24NO2+. The summed E-state index contributed by atoms with van der Waals surface area (Å²) in [5.41, 5.74) is -0.615. The Balaban J connectivity index is 5.06. The first-order valence-electron chi connectivity index (χ1n) is 5.44. The molecule has 0 aliphatic heterocycles. The van der Waals surface area contributed by atoms with Gasteiger partial charge < -0.3 is 9.59 Å². The first kappa shape index (κ1) is 13.4. The zero-order valence-corrected chi connectivity index (χ0v) is 10.1. The summed E-state index contributed by atoms with van der Waals surface area (Å²) in [6.45, 7) is 6.94. The van der Waals surface area contributed by atoms with E-state index in [1.54, 1.807) is 0 Å². The van der Waals surface area contributed by atoms with Crippen LogP contribution in [0, 0.1) is 0 Å². The molecule has 0 aliphatic carbocycles. The molecule has 0 aromatic carbocycles. The Hall–Kier alpha value is -0.570. The Kier molecular flexibility index (Phi) is 4.59. The zero-order valence-electron chi connectivity index (χ0n) is 10.1. The van der Waals surface area contributed by atoms with Crippen LogP contribution in [0.4, 0.5) is 0 Å². The Morgan fingerprint density at radius 3 is 1.86 bits per heavy atom. The molecule has 0 unspecified atom stereocenters. The van der Waals surface area contributed by atoms with Crippen LogP contribution >= 0.6 is 0 Å². The van der Waals surface area contributed by atoms with Gasteiger partial charge in [-0.1, -0.05) is 20.8 Å². The summed E-state index contributed by atoms with van der Waals surface area (Å²) in [6, 6.07) is 0. The number of hydrogen-bond donors (Lipinski definition) is 1. The van der Waals surface area contributed by atoms with E-state index in [0.29, 0.717) is 17.3 Å². The average molecular weight is 202 g/mol. The van der Waals surface area contributed by atoms with Crippen LogP contribution in [0.25, 0.3) is 0 Å². The fourth-order valence-corrected chi connectivity index (χ4v) is 2.44. The number of likely N-dealkylation sites (N-methyl/N-ethyl adjacent to an activating group) is 1. The number of aliphatic carboxylic acids is 1. The highest BCUT2D eigenvalue weighted by atomic mass is 16.4. The molecule has 14 heavy (non-hydrogen) atoms. The molecule has 0 amide bonds. The molecule has 0 aromatic rings. The van der Waals surface area contributed by atoms with Crippen LogP contribution < -0.4 is 0 Å². The van der Waals surface area contributed by atoms with E-state index in [1.165, 1.54) is 0 Å². The highest BCUT2D eigenvalue weighted by molar-refractivity contribution is 5.77. The lowest BCUT2D eigenvalue weighted by molar-refractivity contribution is -0.932. The van der Waals surface area contributed by atoms with Gasteiger partial charge in [0.25, 0.3) is 0 Å². The van der Waals surface area contributed by atoms with Gasteiger partial charge in [-0.05, 0) is 6.42 Å². The molecule has 0 spiro atoms. The highest BCUT2D eigenvalue weighted by Gasteiger charge is 2.49. The van der Waals surface area contributed by atoms with Gasteiger partial charge in [-0.2, -0.15) is 0 Å². The van der Waals surface area contributed by atoms with E-state index in [0.717, 1.165) is 13.0 Å². The first-order valence-corrected chi connectivity index (χ1v) is 5.44. The van der Waals surface area contributed by atoms with Gasteiger partial charge in [0.1, 0.15) is 0 Å². The largest absolute Gasteiger partial charge is 0.477 e. The minimum Gasteiger partial charge on any atom is -0.477 e. The second-order valence-electron chi connectivity index (χ2n) is 4.45. The number of hydrogen-bond acceptors (Lipinski definition) is 1. The maximum Gasteiger partial charge on any atom is 0.365 e. The summed E-state index contributed by atoms with van der Waals surface area (Å²) in [7, 11) is 4.04. The van der Waals surface area contributed by atoms with Crippen LogP contribution in [0.5, 0.6) is 0 Å². The lowest BCUT2D eigenvalue weighted by atomic mass is 9.88. The topological polar surface area (TPSA) is 37.3 Å². The van der Waals surface area contributed by atoms with E-state index >= 15 is 0 Å². The van der Waals surface area contributed by atoms with Crippen LogP contribution in [0.15, 0.2) is 0 Å². The Labute approximate surface area is 87.3 Å². The first-order chi connectivity index (χ1) is 6.38. The van der Waals surface area contributed by atoms with Crippen LogP contribution in [0.2, 0.25) is 0 Å². The maximum atomic E-state index is 11.4. The molecular weight excluding hydrogens is 178 g/mol. The fourth-order valence-electron chi connectivity index (χ4n) is 2.44. The molecule has 3 heteroatoms. The van der Waals surface area contributed by atoms with Crippen LogP contribution in [0.1, 0.15) is 40.0 Å². The van der Waals surface area contributed by atoms with E-state index in [9.17, 15) is 9.90 Å². The third-order valence-electron chi connectivity index (χ3n) is 3.51. The van der Waals surface area contributed by atoms with Gasteiger partial charge in [-0.25, -0.2) is 4.79 Å². The van der Waals surface area contributed by atoms with Crippen molar-refractivity contribution in [3.8, 4) is 0 Å². The Morgan fingerprint density at radius 2 is 1.64 bits per heavy atom. The van der Waals surface area contributed by atoms with Gasteiger partial charge >= 0.3 is 5.97 Å². The zero-order chi connectivity index (χ0) is 11.4. The average Bonchev–Trinajstić information content (AvgIpc) is 2.05. The van der Waals surface area contributed by atoms with Crippen molar-refractivity contribution in [2.75, 3.05) is 20.6 Å². The second-order valence-corrected chi connectivity index (χ2v) is 4.45. The number of carboxylic acids is 1. The van der Waals surface area contributed by atoms with E-state index in [1.807, 2.05) is 27.9 Å². The summed E-state index contributed by atoms with van der Waals surface area (Å²) < 4.78 is 0.575. The third-order valence-corrected chi connectivity index (χ3v) is 3.51. The fraction of sp³-hybridized carbons (Fsp3) is 0.909. The van der Waals surface area contributed by atoms with Crippen molar-refractivity contribution in [2.24, 2.45) is 0 Å². The van der Waals surface area contributed by atoms with Crippen LogP contribution in [-0.2, 0) is 4.79 Å². The van der Waals surface area contributed by atoms with Gasteiger partial charge in [0, 0.05) is 12.8 Å². The molecule has 3 nitrogen and oxygen atoms in total. The molecule has 0 saturated carbocycles. The van der Waals surface area contributed by atoms with Crippen LogP contribution in [-0.4, -0.2) is 41.7 Å². The normalized spacial score (nSPS) is 12.9. The van der Waals surface area contributed by atoms with Crippen molar-refractivity contribution in [2.45, 2.75) is 45.6 Å². The second kappa shape index (κ2) is 4.78. The van der Waals surface area contributed by atoms with E-state index in [-0.39, 0.29) is 0 Å². The number of nitrogens with zero attached hydrogens (tertiary/aromatic N) is 1. The monoisotopic (exact) mass is 202 g/mol. The summed E-state index contributed by atoms with van der Waals surface area (Å²) in [4.78, 5) is 11.4. The molecule has 0 aliphatic rings. The summed E-state index contributed by atoms with van der Waals surface area (Å²) in [5.74, 6) is -0.666. The van der Waals surface area contributed by atoms with E-state index in [4.69, 9.17) is 0 Å². The maximum absolute atomic E-state index is 11.4. The molecule has 0 saturated heterocycles. The van der Waals surface area contributed by atoms with Crippen LogP contribution in [0.3, 0.4) is 0 Å². The molecule has 0 rings (SSSR count). The molecule has 1 N–H and O–H groups in total. The van der Waals surface area contributed by atoms with Gasteiger partial charge in [-0.15, -0.1) is 0 Å². The third kappa shape index (κ3) is 2.08.